The molecule has 23 heavy (non-hydrogen) atoms. The van der Waals surface area contributed by atoms with Gasteiger partial charge in [-0.2, -0.15) is 0 Å². The Morgan fingerprint density at radius 2 is 2.00 bits per heavy atom. The van der Waals surface area contributed by atoms with Gasteiger partial charge >= 0.3 is 0 Å². The average Bonchev–Trinajstić information content (AvgIpc) is 3.37. The fourth-order valence-corrected chi connectivity index (χ4v) is 2.69. The zero-order chi connectivity index (χ0) is 16.1. The smallest absolute Gasteiger partial charge is 0.122 e. The highest BCUT2D eigenvalue weighted by Crippen LogP contribution is 2.39. The van der Waals surface area contributed by atoms with Gasteiger partial charge in [0.1, 0.15) is 5.60 Å². The van der Waals surface area contributed by atoms with Gasteiger partial charge in [-0.15, -0.1) is 0 Å². The number of epoxide rings is 1. The van der Waals surface area contributed by atoms with Crippen molar-refractivity contribution in [1.82, 2.24) is 4.98 Å². The zero-order valence-corrected chi connectivity index (χ0v) is 13.4. The molecule has 3 rings (SSSR count). The van der Waals surface area contributed by atoms with Crippen molar-refractivity contribution in [3.63, 3.8) is 0 Å². The summed E-state index contributed by atoms with van der Waals surface area (Å²) in [4.78, 5) is 4.62. The lowest BCUT2D eigenvalue weighted by atomic mass is 9.93. The van der Waals surface area contributed by atoms with Gasteiger partial charge < -0.3 is 4.74 Å². The summed E-state index contributed by atoms with van der Waals surface area (Å²) in [6, 6.07) is 14.5. The van der Waals surface area contributed by atoms with E-state index < -0.39 is 0 Å². The van der Waals surface area contributed by atoms with Gasteiger partial charge in [-0.25, -0.2) is 0 Å². The van der Waals surface area contributed by atoms with E-state index in [1.807, 2.05) is 49.5 Å². The maximum Gasteiger partial charge on any atom is 0.122 e. The van der Waals surface area contributed by atoms with Gasteiger partial charge in [0.05, 0.1) is 6.61 Å². The van der Waals surface area contributed by atoms with Gasteiger partial charge in [0.15, 0.2) is 0 Å². The number of aromatic nitrogens is 1. The molecule has 1 fully saturated rings. The SMILES string of the molecule is C=C/C(=C\C=C/C)C1(Cc2ccc(-c3ccccc3)cn2)CO1. The monoisotopic (exact) mass is 303 g/mol. The van der Waals surface area contributed by atoms with Crippen molar-refractivity contribution in [1.29, 1.82) is 0 Å². The third-order valence-corrected chi connectivity index (χ3v) is 4.11. The van der Waals surface area contributed by atoms with E-state index in [0.717, 1.165) is 29.9 Å². The molecule has 0 radical (unpaired) electrons. The Labute approximate surface area is 137 Å². The lowest BCUT2D eigenvalue weighted by Gasteiger charge is -2.13. The van der Waals surface area contributed by atoms with Crippen LogP contribution in [0, 0.1) is 0 Å². The fourth-order valence-electron chi connectivity index (χ4n) is 2.69. The number of pyridine rings is 1. The Hall–Kier alpha value is -2.45. The molecule has 2 heterocycles. The first kappa shape index (κ1) is 15.4. The van der Waals surface area contributed by atoms with Crippen LogP contribution in [0.1, 0.15) is 12.6 Å². The molecule has 0 saturated carbocycles. The average molecular weight is 303 g/mol. The first-order chi connectivity index (χ1) is 11.3. The number of nitrogens with zero attached hydrogens (tertiary/aromatic N) is 1. The standard InChI is InChI=1S/C21H21NO/c1-3-5-11-19(4-2)21(16-23-21)14-20-13-12-18(15-22-20)17-9-7-6-8-10-17/h3-13,15H,2,14,16H2,1H3/b5-3-,19-11+. The van der Waals surface area contributed by atoms with Gasteiger partial charge in [0, 0.05) is 23.9 Å². The van der Waals surface area contributed by atoms with Gasteiger partial charge in [-0.05, 0) is 24.1 Å². The maximum atomic E-state index is 5.75. The number of hydrogen-bond acceptors (Lipinski definition) is 2. The van der Waals surface area contributed by atoms with Gasteiger partial charge in [0.25, 0.3) is 0 Å². The minimum Gasteiger partial charge on any atom is -0.364 e. The van der Waals surface area contributed by atoms with Crippen LogP contribution in [0.15, 0.2) is 85.1 Å². The molecule has 2 heteroatoms. The van der Waals surface area contributed by atoms with E-state index in [1.54, 1.807) is 0 Å². The van der Waals surface area contributed by atoms with E-state index in [-0.39, 0.29) is 5.60 Å². The number of rotatable bonds is 6. The van der Waals surface area contributed by atoms with Crippen LogP contribution in [0.25, 0.3) is 11.1 Å². The number of allylic oxidation sites excluding steroid dienone is 3. The highest BCUT2D eigenvalue weighted by molar-refractivity contribution is 5.62. The van der Waals surface area contributed by atoms with Crippen molar-refractivity contribution in [2.45, 2.75) is 18.9 Å². The van der Waals surface area contributed by atoms with Crippen molar-refractivity contribution in [3.05, 3.63) is 90.8 Å². The Kier molecular flexibility index (Phi) is 4.54. The molecule has 1 aliphatic heterocycles. The quantitative estimate of drug-likeness (QED) is 0.568. The summed E-state index contributed by atoms with van der Waals surface area (Å²) in [5.74, 6) is 0. The van der Waals surface area contributed by atoms with Crippen LogP contribution < -0.4 is 0 Å². The molecule has 0 bridgehead atoms. The van der Waals surface area contributed by atoms with Crippen molar-refractivity contribution in [2.75, 3.05) is 6.61 Å². The molecule has 0 aliphatic carbocycles. The highest BCUT2D eigenvalue weighted by Gasteiger charge is 2.47. The maximum absolute atomic E-state index is 5.75. The summed E-state index contributed by atoms with van der Waals surface area (Å²) < 4.78 is 5.75. The van der Waals surface area contributed by atoms with E-state index in [9.17, 15) is 0 Å². The lowest BCUT2D eigenvalue weighted by Crippen LogP contribution is -2.18. The first-order valence-corrected chi connectivity index (χ1v) is 7.87. The third-order valence-electron chi connectivity index (χ3n) is 4.11. The van der Waals surface area contributed by atoms with E-state index in [0.29, 0.717) is 0 Å². The molecule has 2 aromatic rings. The molecule has 0 N–H and O–H groups in total. The molecular formula is C21H21NO. The molecule has 0 amide bonds. The molecule has 1 atom stereocenters. The molecule has 1 saturated heterocycles. The van der Waals surface area contributed by atoms with Crippen LogP contribution in [-0.4, -0.2) is 17.2 Å². The Morgan fingerprint density at radius 1 is 1.22 bits per heavy atom. The third kappa shape index (κ3) is 3.49. The van der Waals surface area contributed by atoms with Crippen molar-refractivity contribution in [2.24, 2.45) is 0 Å². The number of ether oxygens (including phenoxy) is 1. The number of hydrogen-bond donors (Lipinski definition) is 0. The minimum absolute atomic E-state index is 0.247. The summed E-state index contributed by atoms with van der Waals surface area (Å²) in [5.41, 5.74) is 4.22. The molecule has 2 nitrogen and oxygen atoms in total. The summed E-state index contributed by atoms with van der Waals surface area (Å²) in [6.07, 6.45) is 10.7. The van der Waals surface area contributed by atoms with E-state index in [4.69, 9.17) is 4.74 Å². The number of benzene rings is 1. The molecule has 0 spiro atoms. The summed E-state index contributed by atoms with van der Waals surface area (Å²) >= 11 is 0. The van der Waals surface area contributed by atoms with Crippen LogP contribution >= 0.6 is 0 Å². The van der Waals surface area contributed by atoms with Crippen LogP contribution in [0.4, 0.5) is 0 Å². The van der Waals surface area contributed by atoms with Crippen LogP contribution in [0.3, 0.4) is 0 Å². The van der Waals surface area contributed by atoms with Crippen LogP contribution in [0.2, 0.25) is 0 Å². The first-order valence-electron chi connectivity index (χ1n) is 7.87. The summed E-state index contributed by atoms with van der Waals surface area (Å²) in [5, 5.41) is 0. The van der Waals surface area contributed by atoms with Crippen molar-refractivity contribution < 1.29 is 4.74 Å². The van der Waals surface area contributed by atoms with Crippen LogP contribution in [-0.2, 0) is 11.2 Å². The normalized spacial score (nSPS) is 20.7. The Bertz CT molecular complexity index is 722. The molecule has 1 unspecified atom stereocenters. The molecule has 1 aromatic carbocycles. The highest BCUT2D eigenvalue weighted by atomic mass is 16.6. The Balaban J connectivity index is 1.77. The second-order valence-electron chi connectivity index (χ2n) is 5.72. The topological polar surface area (TPSA) is 25.4 Å². The second-order valence-corrected chi connectivity index (χ2v) is 5.72. The van der Waals surface area contributed by atoms with Gasteiger partial charge in [-0.3, -0.25) is 4.98 Å². The largest absolute Gasteiger partial charge is 0.364 e. The lowest BCUT2D eigenvalue weighted by molar-refractivity contribution is 0.339. The predicted molar refractivity (Wildman–Crippen MR) is 95.2 cm³/mol. The predicted octanol–water partition coefficient (Wildman–Crippen LogP) is 4.75. The minimum atomic E-state index is -0.247. The zero-order valence-electron chi connectivity index (χ0n) is 13.4. The summed E-state index contributed by atoms with van der Waals surface area (Å²) in [6.45, 7) is 6.64. The molecule has 1 aromatic heterocycles. The van der Waals surface area contributed by atoms with E-state index in [2.05, 4.69) is 41.9 Å². The molecular weight excluding hydrogens is 282 g/mol. The molecule has 116 valence electrons. The van der Waals surface area contributed by atoms with E-state index >= 15 is 0 Å². The van der Waals surface area contributed by atoms with Gasteiger partial charge in [0.2, 0.25) is 0 Å². The van der Waals surface area contributed by atoms with Crippen LogP contribution in [0.5, 0.6) is 0 Å². The second kappa shape index (κ2) is 6.76. The Morgan fingerprint density at radius 3 is 2.57 bits per heavy atom. The van der Waals surface area contributed by atoms with Crippen molar-refractivity contribution >= 4 is 0 Å². The van der Waals surface area contributed by atoms with Crippen molar-refractivity contribution in [3.8, 4) is 11.1 Å². The van der Waals surface area contributed by atoms with Gasteiger partial charge in [-0.1, -0.05) is 67.3 Å². The summed E-state index contributed by atoms with van der Waals surface area (Å²) in [7, 11) is 0. The fraction of sp³-hybridized carbons (Fsp3) is 0.190. The van der Waals surface area contributed by atoms with E-state index in [1.165, 1.54) is 5.56 Å². The molecule has 1 aliphatic rings.